The fraction of sp³-hybridized carbons (Fsp3) is 0.231. The van der Waals surface area contributed by atoms with Crippen molar-refractivity contribution >= 4 is 38.9 Å². The Morgan fingerprint density at radius 2 is 2.18 bits per heavy atom. The van der Waals surface area contributed by atoms with Gasteiger partial charge in [-0.3, -0.25) is 0 Å². The van der Waals surface area contributed by atoms with Crippen LogP contribution < -0.4 is 5.73 Å². The molecule has 1 aromatic heterocycles. The van der Waals surface area contributed by atoms with Crippen molar-refractivity contribution in [1.82, 2.24) is 0 Å². The second-order valence-electron chi connectivity index (χ2n) is 4.04. The van der Waals surface area contributed by atoms with Crippen molar-refractivity contribution in [3.05, 3.63) is 55.1 Å². The van der Waals surface area contributed by atoms with Crippen LogP contribution in [0.4, 0.5) is 0 Å². The molecule has 1 heterocycles. The third-order valence-corrected chi connectivity index (χ3v) is 4.64. The largest absolute Gasteiger partial charge is 0.324 e. The highest BCUT2D eigenvalue weighted by atomic mass is 79.9. The van der Waals surface area contributed by atoms with Crippen LogP contribution in [-0.2, 0) is 6.42 Å². The summed E-state index contributed by atoms with van der Waals surface area (Å²) in [5, 5.41) is 2.82. The number of rotatable bonds is 3. The number of thiophene rings is 1. The zero-order chi connectivity index (χ0) is 12.4. The molecule has 2 N–H and O–H groups in total. The highest BCUT2D eigenvalue weighted by molar-refractivity contribution is 9.10. The highest BCUT2D eigenvalue weighted by Gasteiger charge is 2.11. The maximum atomic E-state index is 6.24. The van der Waals surface area contributed by atoms with Crippen LogP contribution in [0.3, 0.4) is 0 Å². The molecule has 1 atom stereocenters. The van der Waals surface area contributed by atoms with Gasteiger partial charge in [-0.15, -0.1) is 11.3 Å². The van der Waals surface area contributed by atoms with E-state index in [1.54, 1.807) is 11.3 Å². The molecule has 2 aromatic rings. The van der Waals surface area contributed by atoms with Gasteiger partial charge in [0.05, 0.1) is 0 Å². The molecule has 1 nitrogen and oxygen atoms in total. The standard InChI is InChI=1S/C13H13BrClNS/c1-8-2-3-10(15)5-12(8)13(16)6-11-4-9(14)7-17-11/h2-5,7,13H,6,16H2,1H3. The Hall–Kier alpha value is -0.350. The van der Waals surface area contributed by atoms with Crippen molar-refractivity contribution in [3.63, 3.8) is 0 Å². The molecular weight excluding hydrogens is 318 g/mol. The molecule has 4 heteroatoms. The number of benzene rings is 1. The molecule has 0 aliphatic carbocycles. The van der Waals surface area contributed by atoms with Gasteiger partial charge in [0.1, 0.15) is 0 Å². The molecule has 0 radical (unpaired) electrons. The smallest absolute Gasteiger partial charge is 0.0409 e. The van der Waals surface area contributed by atoms with E-state index in [9.17, 15) is 0 Å². The minimum absolute atomic E-state index is 0.000694. The van der Waals surface area contributed by atoms with Gasteiger partial charge in [-0.2, -0.15) is 0 Å². The SMILES string of the molecule is Cc1ccc(Cl)cc1C(N)Cc1cc(Br)cs1. The molecule has 0 saturated carbocycles. The fourth-order valence-corrected chi connectivity index (χ4v) is 3.49. The monoisotopic (exact) mass is 329 g/mol. The lowest BCUT2D eigenvalue weighted by Crippen LogP contribution is -2.14. The maximum absolute atomic E-state index is 6.24. The first-order chi connectivity index (χ1) is 8.06. The van der Waals surface area contributed by atoms with Gasteiger partial charge in [-0.1, -0.05) is 17.7 Å². The van der Waals surface area contributed by atoms with Crippen LogP contribution in [0.1, 0.15) is 22.0 Å². The fourth-order valence-electron chi connectivity index (χ4n) is 1.80. The molecular formula is C13H13BrClNS. The average Bonchev–Trinajstić information content (AvgIpc) is 2.67. The number of aryl methyl sites for hydroxylation is 1. The van der Waals surface area contributed by atoms with Gasteiger partial charge in [0.2, 0.25) is 0 Å². The second kappa shape index (κ2) is 5.53. The number of halogens is 2. The van der Waals surface area contributed by atoms with E-state index in [0.717, 1.165) is 21.5 Å². The molecule has 2 rings (SSSR count). The van der Waals surface area contributed by atoms with Crippen molar-refractivity contribution in [3.8, 4) is 0 Å². The Balaban J connectivity index is 2.19. The van der Waals surface area contributed by atoms with Crippen LogP contribution in [0.2, 0.25) is 5.02 Å². The molecule has 0 amide bonds. The second-order valence-corrected chi connectivity index (χ2v) is 6.39. The molecule has 90 valence electrons. The number of hydrogen-bond donors (Lipinski definition) is 1. The summed E-state index contributed by atoms with van der Waals surface area (Å²) in [6.07, 6.45) is 0.845. The average molecular weight is 331 g/mol. The van der Waals surface area contributed by atoms with E-state index in [1.807, 2.05) is 18.2 Å². The van der Waals surface area contributed by atoms with E-state index >= 15 is 0 Å². The topological polar surface area (TPSA) is 26.0 Å². The summed E-state index contributed by atoms with van der Waals surface area (Å²) in [6, 6.07) is 7.99. The van der Waals surface area contributed by atoms with Gasteiger partial charge < -0.3 is 5.73 Å². The Bertz CT molecular complexity index is 524. The van der Waals surface area contributed by atoms with Crippen molar-refractivity contribution in [2.45, 2.75) is 19.4 Å². The molecule has 1 aromatic carbocycles. The first-order valence-electron chi connectivity index (χ1n) is 5.31. The van der Waals surface area contributed by atoms with Crippen LogP contribution in [0.25, 0.3) is 0 Å². The van der Waals surface area contributed by atoms with Gasteiger partial charge in [0.15, 0.2) is 0 Å². The number of hydrogen-bond acceptors (Lipinski definition) is 2. The number of nitrogens with two attached hydrogens (primary N) is 1. The van der Waals surface area contributed by atoms with E-state index < -0.39 is 0 Å². The summed E-state index contributed by atoms with van der Waals surface area (Å²) in [5.41, 5.74) is 8.56. The molecule has 0 spiro atoms. The van der Waals surface area contributed by atoms with Gasteiger partial charge >= 0.3 is 0 Å². The lowest BCUT2D eigenvalue weighted by Gasteiger charge is -2.14. The van der Waals surface area contributed by atoms with Crippen molar-refractivity contribution in [2.75, 3.05) is 0 Å². The molecule has 17 heavy (non-hydrogen) atoms. The molecule has 0 bridgehead atoms. The molecule has 1 unspecified atom stereocenters. The van der Waals surface area contributed by atoms with E-state index in [1.165, 1.54) is 10.4 Å². The van der Waals surface area contributed by atoms with Gasteiger partial charge in [0, 0.05) is 32.2 Å². The molecule has 0 fully saturated rings. The minimum atomic E-state index is -0.000694. The summed E-state index contributed by atoms with van der Waals surface area (Å²) >= 11 is 11.2. The summed E-state index contributed by atoms with van der Waals surface area (Å²) < 4.78 is 1.12. The Labute approximate surface area is 119 Å². The maximum Gasteiger partial charge on any atom is 0.0409 e. The molecule has 0 aliphatic heterocycles. The lowest BCUT2D eigenvalue weighted by atomic mass is 9.99. The quantitative estimate of drug-likeness (QED) is 0.866. The first kappa shape index (κ1) is 13.1. The Morgan fingerprint density at radius 1 is 1.41 bits per heavy atom. The van der Waals surface area contributed by atoms with Crippen molar-refractivity contribution in [2.24, 2.45) is 5.73 Å². The predicted octanol–water partition coefficient (Wildman–Crippen LogP) is 4.71. The van der Waals surface area contributed by atoms with Gasteiger partial charge in [-0.05, 0) is 52.2 Å². The van der Waals surface area contributed by atoms with Crippen LogP contribution in [0.5, 0.6) is 0 Å². The highest BCUT2D eigenvalue weighted by Crippen LogP contribution is 2.27. The zero-order valence-electron chi connectivity index (χ0n) is 9.41. The van der Waals surface area contributed by atoms with Crippen LogP contribution in [-0.4, -0.2) is 0 Å². The minimum Gasteiger partial charge on any atom is -0.324 e. The van der Waals surface area contributed by atoms with Gasteiger partial charge in [0.25, 0.3) is 0 Å². The Kier molecular flexibility index (Phi) is 4.26. The molecule has 0 aliphatic rings. The summed E-state index contributed by atoms with van der Waals surface area (Å²) in [4.78, 5) is 1.28. The van der Waals surface area contributed by atoms with Gasteiger partial charge in [-0.25, -0.2) is 0 Å². The first-order valence-corrected chi connectivity index (χ1v) is 7.36. The summed E-state index contributed by atoms with van der Waals surface area (Å²) in [6.45, 7) is 2.07. The van der Waals surface area contributed by atoms with E-state index in [-0.39, 0.29) is 6.04 Å². The van der Waals surface area contributed by atoms with E-state index in [2.05, 4.69) is 34.3 Å². The lowest BCUT2D eigenvalue weighted by molar-refractivity contribution is 0.724. The third-order valence-electron chi connectivity index (χ3n) is 2.68. The third kappa shape index (κ3) is 3.32. The summed E-state index contributed by atoms with van der Waals surface area (Å²) in [7, 11) is 0. The zero-order valence-corrected chi connectivity index (χ0v) is 12.6. The van der Waals surface area contributed by atoms with E-state index in [0.29, 0.717) is 0 Å². The van der Waals surface area contributed by atoms with Crippen molar-refractivity contribution in [1.29, 1.82) is 0 Å². The van der Waals surface area contributed by atoms with Crippen LogP contribution in [0.15, 0.2) is 34.1 Å². The normalized spacial score (nSPS) is 12.7. The molecule has 0 saturated heterocycles. The van der Waals surface area contributed by atoms with Crippen LogP contribution >= 0.6 is 38.9 Å². The summed E-state index contributed by atoms with van der Waals surface area (Å²) in [5.74, 6) is 0. The Morgan fingerprint density at radius 3 is 2.82 bits per heavy atom. The van der Waals surface area contributed by atoms with Crippen molar-refractivity contribution < 1.29 is 0 Å². The van der Waals surface area contributed by atoms with Crippen LogP contribution in [0, 0.1) is 6.92 Å². The van der Waals surface area contributed by atoms with E-state index in [4.69, 9.17) is 17.3 Å². The predicted molar refractivity (Wildman–Crippen MR) is 78.8 cm³/mol.